The smallest absolute Gasteiger partial charge is 0.363 e. The van der Waals surface area contributed by atoms with Crippen molar-refractivity contribution >= 4 is 15.7 Å². The molecule has 0 saturated carbocycles. The van der Waals surface area contributed by atoms with Crippen LogP contribution in [-0.4, -0.2) is 38.5 Å². The van der Waals surface area contributed by atoms with Crippen LogP contribution in [-0.2, 0) is 16.0 Å². The molecule has 0 aliphatic rings. The van der Waals surface area contributed by atoms with Crippen LogP contribution in [0.2, 0.25) is 0 Å². The molecule has 0 N–H and O–H groups in total. The molecule has 1 aromatic heterocycles. The number of nitrogens with zero attached hydrogens (tertiary/aromatic N) is 3. The maximum atomic E-state index is 12.8. The average molecular weight is 333 g/mol. The zero-order valence-electron chi connectivity index (χ0n) is 12.1. The number of anilines is 1. The number of alkyl halides is 3. The first kappa shape index (κ1) is 16.3. The lowest BCUT2D eigenvalue weighted by Gasteiger charge is -2.14. The normalized spacial score (nSPS) is 12.5. The van der Waals surface area contributed by atoms with Crippen molar-refractivity contribution < 1.29 is 21.6 Å². The second-order valence-electron chi connectivity index (χ2n) is 4.96. The van der Waals surface area contributed by atoms with Gasteiger partial charge in [-0.15, -0.1) is 0 Å². The van der Waals surface area contributed by atoms with E-state index in [4.69, 9.17) is 0 Å². The molecule has 5 nitrogen and oxygen atoms in total. The van der Waals surface area contributed by atoms with Gasteiger partial charge in [0.05, 0.1) is 10.6 Å². The van der Waals surface area contributed by atoms with E-state index in [9.17, 15) is 21.6 Å². The first-order valence-electron chi connectivity index (χ1n) is 6.15. The summed E-state index contributed by atoms with van der Waals surface area (Å²) in [5.74, 6) is 0.236. The molecule has 9 heteroatoms. The molecule has 2 rings (SSSR count). The van der Waals surface area contributed by atoms with Gasteiger partial charge in [-0.05, 0) is 24.3 Å². The molecule has 22 heavy (non-hydrogen) atoms. The number of halogens is 3. The Kier molecular flexibility index (Phi) is 3.94. The van der Waals surface area contributed by atoms with Crippen molar-refractivity contribution in [3.05, 3.63) is 36.0 Å². The van der Waals surface area contributed by atoms with E-state index in [0.29, 0.717) is 5.69 Å². The minimum absolute atomic E-state index is 0.0888. The van der Waals surface area contributed by atoms with Crippen molar-refractivity contribution in [2.24, 2.45) is 0 Å². The van der Waals surface area contributed by atoms with Gasteiger partial charge in [0.25, 0.3) is 0 Å². The van der Waals surface area contributed by atoms with Crippen LogP contribution in [0.4, 0.5) is 19.0 Å². The molecule has 0 atom stereocenters. The summed E-state index contributed by atoms with van der Waals surface area (Å²) in [5, 5.41) is 3.57. The Morgan fingerprint density at radius 2 is 1.68 bits per heavy atom. The second kappa shape index (κ2) is 5.31. The Morgan fingerprint density at radius 3 is 2.09 bits per heavy atom. The monoisotopic (exact) mass is 333 g/mol. The van der Waals surface area contributed by atoms with Crippen LogP contribution in [0.15, 0.2) is 35.2 Å². The molecule has 0 spiro atoms. The van der Waals surface area contributed by atoms with E-state index in [1.54, 1.807) is 14.1 Å². The quantitative estimate of drug-likeness (QED) is 0.865. The Balaban J connectivity index is 2.54. The van der Waals surface area contributed by atoms with E-state index in [-0.39, 0.29) is 10.7 Å². The van der Waals surface area contributed by atoms with E-state index in [1.165, 1.54) is 29.2 Å². The van der Waals surface area contributed by atoms with Gasteiger partial charge in [-0.2, -0.15) is 18.3 Å². The largest absolute Gasteiger partial charge is 0.435 e. The van der Waals surface area contributed by atoms with Gasteiger partial charge in [-0.1, -0.05) is 0 Å². The first-order valence-corrected chi connectivity index (χ1v) is 8.04. The van der Waals surface area contributed by atoms with Crippen molar-refractivity contribution in [2.45, 2.75) is 11.1 Å². The Labute approximate surface area is 125 Å². The van der Waals surface area contributed by atoms with Crippen LogP contribution < -0.4 is 4.90 Å². The standard InChI is InChI=1S/C13H14F3N3O2S/c1-18(2)12-8-11(13(14,15)16)17-19(12)9-4-6-10(7-5-9)22(3,20)21/h4-8H,1-3H3. The number of benzene rings is 1. The summed E-state index contributed by atoms with van der Waals surface area (Å²) >= 11 is 0. The molecule has 0 aliphatic carbocycles. The average Bonchev–Trinajstić information content (AvgIpc) is 2.82. The van der Waals surface area contributed by atoms with Crippen LogP contribution in [0.25, 0.3) is 5.69 Å². The fraction of sp³-hybridized carbons (Fsp3) is 0.308. The Morgan fingerprint density at radius 1 is 1.14 bits per heavy atom. The topological polar surface area (TPSA) is 55.2 Å². The number of rotatable bonds is 3. The zero-order valence-corrected chi connectivity index (χ0v) is 12.9. The molecule has 0 radical (unpaired) electrons. The fourth-order valence-electron chi connectivity index (χ4n) is 1.85. The zero-order chi connectivity index (χ0) is 16.7. The molecular weight excluding hydrogens is 319 g/mol. The van der Waals surface area contributed by atoms with Gasteiger partial charge in [0, 0.05) is 26.4 Å². The van der Waals surface area contributed by atoms with Crippen molar-refractivity contribution in [3.63, 3.8) is 0 Å². The maximum Gasteiger partial charge on any atom is 0.435 e. The van der Waals surface area contributed by atoms with E-state index >= 15 is 0 Å². The molecule has 0 fully saturated rings. The predicted octanol–water partition coefficient (Wildman–Crippen LogP) is 2.36. The molecule has 0 aliphatic heterocycles. The predicted molar refractivity (Wildman–Crippen MR) is 76.0 cm³/mol. The molecule has 0 saturated heterocycles. The van der Waals surface area contributed by atoms with E-state index in [0.717, 1.165) is 17.0 Å². The van der Waals surface area contributed by atoms with Gasteiger partial charge >= 0.3 is 6.18 Å². The summed E-state index contributed by atoms with van der Waals surface area (Å²) < 4.78 is 62.4. The number of aromatic nitrogens is 2. The molecular formula is C13H14F3N3O2S. The third-order valence-electron chi connectivity index (χ3n) is 2.95. The maximum absolute atomic E-state index is 12.8. The van der Waals surface area contributed by atoms with Crippen molar-refractivity contribution in [3.8, 4) is 5.69 Å². The minimum atomic E-state index is -4.55. The summed E-state index contributed by atoms with van der Waals surface area (Å²) in [4.78, 5) is 1.58. The van der Waals surface area contributed by atoms with Gasteiger partial charge in [0.15, 0.2) is 15.5 Å². The van der Waals surface area contributed by atoms with Gasteiger partial charge < -0.3 is 4.90 Å². The highest BCUT2D eigenvalue weighted by Crippen LogP contribution is 2.32. The van der Waals surface area contributed by atoms with E-state index < -0.39 is 21.7 Å². The Bertz CT molecular complexity index is 778. The van der Waals surface area contributed by atoms with Crippen molar-refractivity contribution in [2.75, 3.05) is 25.3 Å². The SMILES string of the molecule is CN(C)c1cc(C(F)(F)F)nn1-c1ccc(S(C)(=O)=O)cc1. The van der Waals surface area contributed by atoms with Gasteiger partial charge in [0.1, 0.15) is 5.82 Å². The first-order chi connectivity index (χ1) is 10.00. The van der Waals surface area contributed by atoms with Crippen LogP contribution >= 0.6 is 0 Å². The number of hydrogen-bond donors (Lipinski definition) is 0. The Hall–Kier alpha value is -2.03. The summed E-state index contributed by atoms with van der Waals surface area (Å²) in [7, 11) is -0.175. The lowest BCUT2D eigenvalue weighted by Crippen LogP contribution is -2.14. The molecule has 1 heterocycles. The molecule has 1 aromatic carbocycles. The summed E-state index contributed by atoms with van der Waals surface area (Å²) in [6.07, 6.45) is -3.49. The summed E-state index contributed by atoms with van der Waals surface area (Å²) in [5.41, 5.74) is -0.671. The lowest BCUT2D eigenvalue weighted by molar-refractivity contribution is -0.141. The van der Waals surface area contributed by atoms with Gasteiger partial charge in [0.2, 0.25) is 0 Å². The lowest BCUT2D eigenvalue weighted by atomic mass is 10.3. The van der Waals surface area contributed by atoms with E-state index in [1.807, 2.05) is 0 Å². The molecule has 120 valence electrons. The highest BCUT2D eigenvalue weighted by atomic mass is 32.2. The summed E-state index contributed by atoms with van der Waals surface area (Å²) in [6, 6.07) is 6.43. The van der Waals surface area contributed by atoms with Crippen LogP contribution in [0.3, 0.4) is 0 Å². The highest BCUT2D eigenvalue weighted by Gasteiger charge is 2.35. The van der Waals surface area contributed by atoms with Gasteiger partial charge in [-0.25, -0.2) is 13.1 Å². The van der Waals surface area contributed by atoms with Crippen LogP contribution in [0.5, 0.6) is 0 Å². The summed E-state index contributed by atoms with van der Waals surface area (Å²) in [6.45, 7) is 0. The van der Waals surface area contributed by atoms with Crippen molar-refractivity contribution in [1.29, 1.82) is 0 Å². The van der Waals surface area contributed by atoms with Crippen LogP contribution in [0.1, 0.15) is 5.69 Å². The molecule has 0 unspecified atom stereocenters. The fourth-order valence-corrected chi connectivity index (χ4v) is 2.48. The molecule has 0 bridgehead atoms. The van der Waals surface area contributed by atoms with Crippen molar-refractivity contribution in [1.82, 2.24) is 9.78 Å². The molecule has 0 amide bonds. The highest BCUT2D eigenvalue weighted by molar-refractivity contribution is 7.90. The van der Waals surface area contributed by atoms with Gasteiger partial charge in [-0.3, -0.25) is 0 Å². The third-order valence-corrected chi connectivity index (χ3v) is 4.08. The van der Waals surface area contributed by atoms with Crippen LogP contribution in [0, 0.1) is 0 Å². The minimum Gasteiger partial charge on any atom is -0.363 e. The number of hydrogen-bond acceptors (Lipinski definition) is 4. The third kappa shape index (κ3) is 3.24. The second-order valence-corrected chi connectivity index (χ2v) is 6.97. The molecule has 2 aromatic rings. The van der Waals surface area contributed by atoms with E-state index in [2.05, 4.69) is 5.10 Å². The number of sulfone groups is 1.